The van der Waals surface area contributed by atoms with Crippen LogP contribution in [0.25, 0.3) is 0 Å². The molecular weight excluding hydrogens is 252 g/mol. The Labute approximate surface area is 122 Å². The predicted molar refractivity (Wildman–Crippen MR) is 82.6 cm³/mol. The van der Waals surface area contributed by atoms with Gasteiger partial charge in [-0.15, -0.1) is 0 Å². The van der Waals surface area contributed by atoms with Gasteiger partial charge in [0, 0.05) is 6.54 Å². The lowest BCUT2D eigenvalue weighted by molar-refractivity contribution is 0.0949. The van der Waals surface area contributed by atoms with Crippen LogP contribution in [0.15, 0.2) is 18.2 Å². The fourth-order valence-corrected chi connectivity index (χ4v) is 1.95. The SMILES string of the molecule is COc1cc(C(C)C)ccc1C(=O)NCCCN(C)C. The van der Waals surface area contributed by atoms with Crippen molar-refractivity contribution in [2.45, 2.75) is 26.2 Å². The lowest BCUT2D eigenvalue weighted by atomic mass is 10.0. The first-order valence-electron chi connectivity index (χ1n) is 7.06. The quantitative estimate of drug-likeness (QED) is 0.779. The van der Waals surface area contributed by atoms with Gasteiger partial charge < -0.3 is 15.0 Å². The van der Waals surface area contributed by atoms with Crippen molar-refractivity contribution >= 4 is 5.91 Å². The summed E-state index contributed by atoms with van der Waals surface area (Å²) in [5.41, 5.74) is 1.77. The van der Waals surface area contributed by atoms with E-state index < -0.39 is 0 Å². The number of benzene rings is 1. The van der Waals surface area contributed by atoms with Gasteiger partial charge in [0.15, 0.2) is 0 Å². The van der Waals surface area contributed by atoms with Gasteiger partial charge in [0.05, 0.1) is 12.7 Å². The molecule has 0 heterocycles. The Bertz CT molecular complexity index is 442. The Balaban J connectivity index is 2.67. The molecular formula is C16H26N2O2. The zero-order valence-corrected chi connectivity index (χ0v) is 13.2. The zero-order chi connectivity index (χ0) is 15.1. The van der Waals surface area contributed by atoms with Crippen LogP contribution in [0.5, 0.6) is 5.75 Å². The second kappa shape index (κ2) is 7.90. The second-order valence-corrected chi connectivity index (χ2v) is 5.53. The van der Waals surface area contributed by atoms with Gasteiger partial charge in [-0.05, 0) is 50.7 Å². The van der Waals surface area contributed by atoms with E-state index in [0.29, 0.717) is 23.8 Å². The van der Waals surface area contributed by atoms with Crippen LogP contribution in [0.1, 0.15) is 42.1 Å². The highest BCUT2D eigenvalue weighted by atomic mass is 16.5. The molecule has 1 amide bonds. The summed E-state index contributed by atoms with van der Waals surface area (Å²) in [4.78, 5) is 14.2. The van der Waals surface area contributed by atoms with E-state index >= 15 is 0 Å². The molecule has 1 aromatic carbocycles. The summed E-state index contributed by atoms with van der Waals surface area (Å²) < 4.78 is 5.33. The second-order valence-electron chi connectivity index (χ2n) is 5.53. The first-order chi connectivity index (χ1) is 9.45. The Hall–Kier alpha value is -1.55. The lowest BCUT2D eigenvalue weighted by Crippen LogP contribution is -2.27. The van der Waals surface area contributed by atoms with Crippen molar-refractivity contribution in [2.24, 2.45) is 0 Å². The highest BCUT2D eigenvalue weighted by Crippen LogP contribution is 2.24. The monoisotopic (exact) mass is 278 g/mol. The van der Waals surface area contributed by atoms with Crippen LogP contribution in [-0.4, -0.2) is 45.1 Å². The summed E-state index contributed by atoms with van der Waals surface area (Å²) in [6, 6.07) is 5.77. The minimum Gasteiger partial charge on any atom is -0.496 e. The topological polar surface area (TPSA) is 41.6 Å². The Morgan fingerprint density at radius 3 is 2.60 bits per heavy atom. The van der Waals surface area contributed by atoms with E-state index in [2.05, 4.69) is 24.1 Å². The van der Waals surface area contributed by atoms with Crippen LogP contribution in [0, 0.1) is 0 Å². The number of carbonyl (C=O) groups is 1. The highest BCUT2D eigenvalue weighted by Gasteiger charge is 2.13. The Kier molecular flexibility index (Phi) is 6.52. The zero-order valence-electron chi connectivity index (χ0n) is 13.2. The van der Waals surface area contributed by atoms with Crippen molar-refractivity contribution in [1.29, 1.82) is 0 Å². The van der Waals surface area contributed by atoms with E-state index in [1.165, 1.54) is 5.56 Å². The molecule has 0 radical (unpaired) electrons. The lowest BCUT2D eigenvalue weighted by Gasteiger charge is -2.13. The number of nitrogens with zero attached hydrogens (tertiary/aromatic N) is 1. The summed E-state index contributed by atoms with van der Waals surface area (Å²) in [6.07, 6.45) is 0.936. The molecule has 4 nitrogen and oxygen atoms in total. The molecule has 0 spiro atoms. The molecule has 0 aromatic heterocycles. The molecule has 0 atom stereocenters. The molecule has 4 heteroatoms. The smallest absolute Gasteiger partial charge is 0.255 e. The van der Waals surface area contributed by atoms with Crippen molar-refractivity contribution in [3.8, 4) is 5.75 Å². The Morgan fingerprint density at radius 2 is 2.05 bits per heavy atom. The number of methoxy groups -OCH3 is 1. The molecule has 20 heavy (non-hydrogen) atoms. The average molecular weight is 278 g/mol. The molecule has 0 aliphatic carbocycles. The number of hydrogen-bond acceptors (Lipinski definition) is 3. The van der Waals surface area contributed by atoms with Crippen LogP contribution < -0.4 is 10.1 Å². The van der Waals surface area contributed by atoms with Crippen LogP contribution in [-0.2, 0) is 0 Å². The van der Waals surface area contributed by atoms with Crippen LogP contribution in [0.2, 0.25) is 0 Å². The molecule has 0 bridgehead atoms. The standard InChI is InChI=1S/C16H26N2O2/c1-12(2)13-7-8-14(15(11-13)20-5)16(19)17-9-6-10-18(3)4/h7-8,11-12H,6,9-10H2,1-5H3,(H,17,19). The van der Waals surface area contributed by atoms with Crippen molar-refractivity contribution in [1.82, 2.24) is 10.2 Å². The number of rotatable bonds is 7. The average Bonchev–Trinajstić information content (AvgIpc) is 2.42. The van der Waals surface area contributed by atoms with Crippen molar-refractivity contribution < 1.29 is 9.53 Å². The van der Waals surface area contributed by atoms with E-state index in [1.807, 2.05) is 32.3 Å². The minimum atomic E-state index is -0.0732. The first kappa shape index (κ1) is 16.5. The third-order valence-electron chi connectivity index (χ3n) is 3.20. The van der Waals surface area contributed by atoms with Gasteiger partial charge in [0.25, 0.3) is 5.91 Å². The molecule has 112 valence electrons. The van der Waals surface area contributed by atoms with Crippen molar-refractivity contribution in [3.63, 3.8) is 0 Å². The summed E-state index contributed by atoms with van der Waals surface area (Å²) in [6.45, 7) is 5.88. The third-order valence-corrected chi connectivity index (χ3v) is 3.20. The summed E-state index contributed by atoms with van der Waals surface area (Å²) in [5, 5.41) is 2.93. The number of nitrogens with one attached hydrogen (secondary N) is 1. The number of carbonyl (C=O) groups excluding carboxylic acids is 1. The van der Waals surface area contributed by atoms with Gasteiger partial charge in [-0.3, -0.25) is 4.79 Å². The summed E-state index contributed by atoms with van der Waals surface area (Å²) >= 11 is 0. The van der Waals surface area contributed by atoms with Crippen LogP contribution in [0.4, 0.5) is 0 Å². The molecule has 0 saturated carbocycles. The fourth-order valence-electron chi connectivity index (χ4n) is 1.95. The van der Waals surface area contributed by atoms with Crippen LogP contribution in [0.3, 0.4) is 0 Å². The van der Waals surface area contributed by atoms with Gasteiger partial charge in [-0.2, -0.15) is 0 Å². The van der Waals surface area contributed by atoms with Gasteiger partial charge in [0.2, 0.25) is 0 Å². The third kappa shape index (κ3) is 4.85. The first-order valence-corrected chi connectivity index (χ1v) is 7.06. The fraction of sp³-hybridized carbons (Fsp3) is 0.562. The minimum absolute atomic E-state index is 0.0732. The summed E-state index contributed by atoms with van der Waals surface area (Å²) in [7, 11) is 5.65. The maximum Gasteiger partial charge on any atom is 0.255 e. The molecule has 0 saturated heterocycles. The molecule has 0 unspecified atom stereocenters. The number of amides is 1. The molecule has 0 aliphatic heterocycles. The van der Waals surface area contributed by atoms with E-state index in [4.69, 9.17) is 4.74 Å². The van der Waals surface area contributed by atoms with Gasteiger partial charge in [0.1, 0.15) is 5.75 Å². The predicted octanol–water partition coefficient (Wildman–Crippen LogP) is 2.50. The molecule has 1 N–H and O–H groups in total. The van der Waals surface area contributed by atoms with E-state index in [0.717, 1.165) is 13.0 Å². The molecule has 0 fully saturated rings. The number of ether oxygens (including phenoxy) is 1. The highest BCUT2D eigenvalue weighted by molar-refractivity contribution is 5.97. The molecule has 1 aromatic rings. The van der Waals surface area contributed by atoms with Gasteiger partial charge in [-0.25, -0.2) is 0 Å². The molecule has 1 rings (SSSR count). The van der Waals surface area contributed by atoms with Gasteiger partial charge in [-0.1, -0.05) is 19.9 Å². The largest absolute Gasteiger partial charge is 0.496 e. The maximum absolute atomic E-state index is 12.1. The number of hydrogen-bond donors (Lipinski definition) is 1. The van der Waals surface area contributed by atoms with E-state index in [9.17, 15) is 4.79 Å². The Morgan fingerprint density at radius 1 is 1.35 bits per heavy atom. The normalized spacial score (nSPS) is 10.9. The van der Waals surface area contributed by atoms with E-state index in [-0.39, 0.29) is 5.91 Å². The van der Waals surface area contributed by atoms with E-state index in [1.54, 1.807) is 7.11 Å². The van der Waals surface area contributed by atoms with Crippen molar-refractivity contribution in [3.05, 3.63) is 29.3 Å². The summed E-state index contributed by atoms with van der Waals surface area (Å²) in [5.74, 6) is 0.985. The maximum atomic E-state index is 12.1. The van der Waals surface area contributed by atoms with Crippen LogP contribution >= 0.6 is 0 Å². The van der Waals surface area contributed by atoms with Gasteiger partial charge >= 0.3 is 0 Å². The molecule has 0 aliphatic rings. The van der Waals surface area contributed by atoms with Crippen molar-refractivity contribution in [2.75, 3.05) is 34.3 Å².